The lowest BCUT2D eigenvalue weighted by atomic mass is 9.47. The number of aliphatic hydroxyl groups excluding tert-OH is 1. The lowest BCUT2D eigenvalue weighted by Crippen LogP contribution is -2.52. The number of nitrogens with zero attached hydrogens (tertiary/aromatic N) is 1. The third-order valence-electron chi connectivity index (χ3n) is 10.3. The lowest BCUT2D eigenvalue weighted by Gasteiger charge is -2.57. The van der Waals surface area contributed by atoms with Crippen LogP contribution in [0.1, 0.15) is 99.3 Å². The monoisotopic (exact) mass is 431 g/mol. The van der Waals surface area contributed by atoms with Crippen molar-refractivity contribution in [1.82, 2.24) is 0 Å². The molecule has 0 aromatic heterocycles. The van der Waals surface area contributed by atoms with Crippen molar-refractivity contribution in [2.45, 2.75) is 99.3 Å². The molecule has 0 saturated heterocycles. The van der Waals surface area contributed by atoms with Crippen molar-refractivity contribution in [2.24, 2.45) is 57.4 Å². The van der Waals surface area contributed by atoms with Gasteiger partial charge in [0, 0.05) is 12.0 Å². The second-order valence-electron chi connectivity index (χ2n) is 12.0. The largest absolute Gasteiger partial charge is 0.411 e. The van der Waals surface area contributed by atoms with Gasteiger partial charge in [-0.15, -0.1) is 0 Å². The first-order valence-corrected chi connectivity index (χ1v) is 13.2. The smallest absolute Gasteiger partial charge is 0.0632 e. The molecule has 2 N–H and O–H groups in total. The van der Waals surface area contributed by atoms with Gasteiger partial charge in [0.2, 0.25) is 0 Å². The number of hydrogen-bond donors (Lipinski definition) is 2. The van der Waals surface area contributed by atoms with Gasteiger partial charge in [-0.3, -0.25) is 0 Å². The highest BCUT2D eigenvalue weighted by atomic mass is 16.4. The van der Waals surface area contributed by atoms with Crippen LogP contribution in [0.5, 0.6) is 0 Å². The number of allylic oxidation sites excluding steroid dienone is 2. The van der Waals surface area contributed by atoms with Gasteiger partial charge in [0.25, 0.3) is 0 Å². The van der Waals surface area contributed by atoms with Crippen molar-refractivity contribution in [3.8, 4) is 0 Å². The van der Waals surface area contributed by atoms with E-state index in [9.17, 15) is 10.3 Å². The van der Waals surface area contributed by atoms with Crippen LogP contribution in [-0.2, 0) is 0 Å². The second kappa shape index (κ2) is 9.98. The van der Waals surface area contributed by atoms with Gasteiger partial charge >= 0.3 is 0 Å². The molecule has 0 unspecified atom stereocenters. The molecular weight excluding hydrogens is 382 g/mol. The van der Waals surface area contributed by atoms with E-state index in [0.717, 1.165) is 48.6 Å². The van der Waals surface area contributed by atoms with E-state index in [4.69, 9.17) is 0 Å². The van der Waals surface area contributed by atoms with Crippen molar-refractivity contribution < 1.29 is 10.3 Å². The Morgan fingerprint density at radius 3 is 2.42 bits per heavy atom. The van der Waals surface area contributed by atoms with Crippen LogP contribution >= 0.6 is 0 Å². The zero-order valence-electron chi connectivity index (χ0n) is 21.1. The first-order chi connectivity index (χ1) is 14.7. The number of fused-ring (bicyclic) bond motifs is 3. The predicted molar refractivity (Wildman–Crippen MR) is 130 cm³/mol. The first-order valence-electron chi connectivity index (χ1n) is 13.2. The summed E-state index contributed by atoms with van der Waals surface area (Å²) in [5.74, 6) is 5.00. The molecule has 0 aromatic rings. The Balaban J connectivity index is 1.79. The fraction of sp³-hybridized carbons (Fsp3) is 0.893. The number of hydrogen-bond acceptors (Lipinski definition) is 3. The molecule has 178 valence electrons. The molecule has 0 radical (unpaired) electrons. The van der Waals surface area contributed by atoms with Crippen LogP contribution in [-0.4, -0.2) is 22.6 Å². The molecule has 3 fully saturated rings. The van der Waals surface area contributed by atoms with Crippen molar-refractivity contribution in [3.63, 3.8) is 0 Å². The maximum absolute atomic E-state index is 9.75. The van der Waals surface area contributed by atoms with E-state index in [2.05, 4.69) is 58.9 Å². The normalized spacial score (nSPS) is 41.5. The Morgan fingerprint density at radius 1 is 1.06 bits per heavy atom. The Morgan fingerprint density at radius 2 is 1.81 bits per heavy atom. The third kappa shape index (κ3) is 4.50. The Kier molecular flexibility index (Phi) is 7.98. The summed E-state index contributed by atoms with van der Waals surface area (Å²) in [4.78, 5) is 0. The first kappa shape index (κ1) is 24.8. The van der Waals surface area contributed by atoms with Crippen LogP contribution in [0.25, 0.3) is 0 Å². The molecule has 3 aliphatic carbocycles. The zero-order chi connectivity index (χ0) is 22.8. The molecule has 8 atom stereocenters. The maximum Gasteiger partial charge on any atom is 0.0632 e. The molecule has 0 amide bonds. The van der Waals surface area contributed by atoms with E-state index in [1.165, 1.54) is 38.5 Å². The Labute approximate surface area is 191 Å². The summed E-state index contributed by atoms with van der Waals surface area (Å²) in [6.45, 7) is 14.6. The third-order valence-corrected chi connectivity index (χ3v) is 10.3. The van der Waals surface area contributed by atoms with Gasteiger partial charge in [-0.2, -0.15) is 0 Å². The van der Waals surface area contributed by atoms with Crippen LogP contribution < -0.4 is 0 Å². The Hall–Kier alpha value is -0.830. The minimum absolute atomic E-state index is 0.0447. The standard InChI is InChI=1S/C28H49NO2/c1-7-21(19(2)3)10-9-20(4)23-12-13-24-22-11-14-26(29-31)28(6,16-8-18-30)25(22)15-17-27(23,24)5/h9-10,19-25,30-31H,7-8,11-18H2,1-6H3/t20-,21-,22+,23-,24+,25+,27-,28-/m1/s1. The summed E-state index contributed by atoms with van der Waals surface area (Å²) in [5.41, 5.74) is 1.39. The van der Waals surface area contributed by atoms with E-state index in [1.54, 1.807) is 0 Å². The molecule has 0 heterocycles. The zero-order valence-corrected chi connectivity index (χ0v) is 21.1. The molecule has 0 bridgehead atoms. The quantitative estimate of drug-likeness (QED) is 0.240. The van der Waals surface area contributed by atoms with Crippen molar-refractivity contribution in [1.29, 1.82) is 0 Å². The van der Waals surface area contributed by atoms with Crippen molar-refractivity contribution >= 4 is 5.71 Å². The van der Waals surface area contributed by atoms with Gasteiger partial charge in [0.05, 0.1) is 5.71 Å². The van der Waals surface area contributed by atoms with E-state index in [0.29, 0.717) is 23.2 Å². The number of rotatable bonds is 8. The highest BCUT2D eigenvalue weighted by Gasteiger charge is 2.59. The molecule has 3 saturated carbocycles. The van der Waals surface area contributed by atoms with Crippen LogP contribution in [0.3, 0.4) is 0 Å². The molecule has 0 aromatic carbocycles. The molecule has 3 heteroatoms. The summed E-state index contributed by atoms with van der Waals surface area (Å²) in [7, 11) is 0. The highest BCUT2D eigenvalue weighted by molar-refractivity contribution is 5.90. The SMILES string of the molecule is CC[C@H](C=C[C@@H](C)[C@H]1CC[C@H]2[C@@H]3CCC(=NO)[C@](C)(CCCO)[C@H]3CC[C@]12C)C(C)C. The number of aliphatic hydroxyl groups is 1. The average molecular weight is 432 g/mol. The van der Waals surface area contributed by atoms with E-state index in [1.807, 2.05) is 0 Å². The molecule has 3 rings (SSSR count). The number of oxime groups is 1. The molecule has 3 aliphatic rings. The van der Waals surface area contributed by atoms with E-state index in [-0.39, 0.29) is 12.0 Å². The van der Waals surface area contributed by atoms with Gasteiger partial charge < -0.3 is 10.3 Å². The average Bonchev–Trinajstić information content (AvgIpc) is 3.10. The van der Waals surface area contributed by atoms with E-state index < -0.39 is 0 Å². The minimum atomic E-state index is -0.0447. The molecule has 31 heavy (non-hydrogen) atoms. The summed E-state index contributed by atoms with van der Waals surface area (Å²) in [6, 6.07) is 0. The fourth-order valence-corrected chi connectivity index (χ4v) is 8.41. The summed E-state index contributed by atoms with van der Waals surface area (Å²) in [6.07, 6.45) is 15.5. The van der Waals surface area contributed by atoms with Crippen molar-refractivity contribution in [3.05, 3.63) is 12.2 Å². The minimum Gasteiger partial charge on any atom is -0.411 e. The van der Waals surface area contributed by atoms with Gasteiger partial charge in [-0.1, -0.05) is 58.9 Å². The summed E-state index contributed by atoms with van der Waals surface area (Å²) < 4.78 is 0. The van der Waals surface area contributed by atoms with Gasteiger partial charge in [0.15, 0.2) is 0 Å². The molecule has 0 spiro atoms. The van der Waals surface area contributed by atoms with Crippen molar-refractivity contribution in [2.75, 3.05) is 6.61 Å². The van der Waals surface area contributed by atoms with Gasteiger partial charge in [0.1, 0.15) is 0 Å². The topological polar surface area (TPSA) is 52.8 Å². The van der Waals surface area contributed by atoms with Gasteiger partial charge in [-0.25, -0.2) is 0 Å². The van der Waals surface area contributed by atoms with E-state index >= 15 is 0 Å². The summed E-state index contributed by atoms with van der Waals surface area (Å²) in [5, 5.41) is 23.0. The molecule has 0 aliphatic heterocycles. The highest BCUT2D eigenvalue weighted by Crippen LogP contribution is 2.65. The van der Waals surface area contributed by atoms with Crippen LogP contribution in [0.2, 0.25) is 0 Å². The molecule has 3 nitrogen and oxygen atoms in total. The van der Waals surface area contributed by atoms with Crippen LogP contribution in [0.15, 0.2) is 17.3 Å². The maximum atomic E-state index is 9.75. The van der Waals surface area contributed by atoms with Crippen LogP contribution in [0, 0.1) is 52.3 Å². The fourth-order valence-electron chi connectivity index (χ4n) is 8.41. The molecular formula is C28H49NO2. The van der Waals surface area contributed by atoms with Gasteiger partial charge in [-0.05, 0) is 105 Å². The van der Waals surface area contributed by atoms with Crippen LogP contribution in [0.4, 0.5) is 0 Å². The summed E-state index contributed by atoms with van der Waals surface area (Å²) >= 11 is 0. The predicted octanol–water partition coefficient (Wildman–Crippen LogP) is 7.32. The lowest BCUT2D eigenvalue weighted by molar-refractivity contribution is -0.0418. The second-order valence-corrected chi connectivity index (χ2v) is 12.0. The Bertz CT molecular complexity index is 655.